The van der Waals surface area contributed by atoms with E-state index in [0.29, 0.717) is 11.5 Å². The minimum atomic E-state index is -0.510. The molecule has 1 heterocycles. The SMILES string of the molecule is COC(C)C(=O)Nc1c(N)cnn1C. The van der Waals surface area contributed by atoms with Gasteiger partial charge in [0.1, 0.15) is 6.10 Å². The van der Waals surface area contributed by atoms with Crippen molar-refractivity contribution >= 4 is 17.4 Å². The quantitative estimate of drug-likeness (QED) is 0.714. The van der Waals surface area contributed by atoms with Crippen LogP contribution in [0.5, 0.6) is 0 Å². The number of nitrogen functional groups attached to an aromatic ring is 1. The Morgan fingerprint density at radius 1 is 1.79 bits per heavy atom. The Balaban J connectivity index is 2.74. The monoisotopic (exact) mass is 198 g/mol. The molecule has 6 nitrogen and oxygen atoms in total. The van der Waals surface area contributed by atoms with Crippen LogP contribution in [0.3, 0.4) is 0 Å². The van der Waals surface area contributed by atoms with Crippen molar-refractivity contribution in [1.29, 1.82) is 0 Å². The maximum atomic E-state index is 11.4. The molecule has 1 rings (SSSR count). The molecule has 1 unspecified atom stereocenters. The second-order valence-corrected chi connectivity index (χ2v) is 2.94. The lowest BCUT2D eigenvalue weighted by molar-refractivity contribution is -0.124. The van der Waals surface area contributed by atoms with Crippen molar-refractivity contribution in [3.05, 3.63) is 6.20 Å². The molecule has 3 N–H and O–H groups in total. The van der Waals surface area contributed by atoms with Gasteiger partial charge in [-0.25, -0.2) is 0 Å². The number of hydrogen-bond acceptors (Lipinski definition) is 4. The van der Waals surface area contributed by atoms with Gasteiger partial charge in [0.2, 0.25) is 0 Å². The minimum Gasteiger partial charge on any atom is -0.394 e. The smallest absolute Gasteiger partial charge is 0.254 e. The highest BCUT2D eigenvalue weighted by Crippen LogP contribution is 2.15. The van der Waals surface area contributed by atoms with Gasteiger partial charge in [0.05, 0.1) is 11.9 Å². The Bertz CT molecular complexity index is 315. The molecule has 0 bridgehead atoms. The number of nitrogens with two attached hydrogens (primary N) is 1. The van der Waals surface area contributed by atoms with Crippen molar-refractivity contribution in [1.82, 2.24) is 9.78 Å². The topological polar surface area (TPSA) is 82.2 Å². The molecule has 1 atom stereocenters. The van der Waals surface area contributed by atoms with Crippen LogP contribution in [0.15, 0.2) is 6.20 Å². The average Bonchev–Trinajstić information content (AvgIpc) is 2.48. The number of rotatable bonds is 3. The Kier molecular flexibility index (Phi) is 3.08. The van der Waals surface area contributed by atoms with Crippen molar-refractivity contribution in [3.63, 3.8) is 0 Å². The van der Waals surface area contributed by atoms with E-state index in [1.54, 1.807) is 14.0 Å². The molecule has 0 aromatic carbocycles. The Morgan fingerprint density at radius 2 is 2.43 bits per heavy atom. The lowest BCUT2D eigenvalue weighted by Gasteiger charge is -2.10. The number of carbonyl (C=O) groups is 1. The van der Waals surface area contributed by atoms with Gasteiger partial charge in [0, 0.05) is 14.2 Å². The molecule has 0 aliphatic carbocycles. The first-order valence-corrected chi connectivity index (χ1v) is 4.17. The number of nitrogens with zero attached hydrogens (tertiary/aromatic N) is 2. The van der Waals surface area contributed by atoms with E-state index in [1.165, 1.54) is 18.0 Å². The molecule has 0 radical (unpaired) electrons. The number of ether oxygens (including phenoxy) is 1. The van der Waals surface area contributed by atoms with Crippen molar-refractivity contribution in [2.75, 3.05) is 18.2 Å². The van der Waals surface area contributed by atoms with Gasteiger partial charge in [-0.1, -0.05) is 0 Å². The molecule has 0 aliphatic heterocycles. The second kappa shape index (κ2) is 4.10. The number of amides is 1. The Labute approximate surface area is 82.0 Å². The fraction of sp³-hybridized carbons (Fsp3) is 0.500. The van der Waals surface area contributed by atoms with Gasteiger partial charge in [-0.2, -0.15) is 5.10 Å². The first kappa shape index (κ1) is 10.5. The van der Waals surface area contributed by atoms with Crippen molar-refractivity contribution in [2.24, 2.45) is 7.05 Å². The zero-order valence-electron chi connectivity index (χ0n) is 8.44. The number of anilines is 2. The summed E-state index contributed by atoms with van der Waals surface area (Å²) in [6.45, 7) is 1.65. The highest BCUT2D eigenvalue weighted by Gasteiger charge is 2.15. The van der Waals surface area contributed by atoms with Gasteiger partial charge in [0.15, 0.2) is 5.82 Å². The maximum absolute atomic E-state index is 11.4. The summed E-state index contributed by atoms with van der Waals surface area (Å²) in [6.07, 6.45) is 0.969. The summed E-state index contributed by atoms with van der Waals surface area (Å²) >= 11 is 0. The third-order valence-electron chi connectivity index (χ3n) is 1.93. The van der Waals surface area contributed by atoms with Crippen LogP contribution in [0.2, 0.25) is 0 Å². The summed E-state index contributed by atoms with van der Waals surface area (Å²) in [5.41, 5.74) is 6.03. The molecule has 1 amide bonds. The summed E-state index contributed by atoms with van der Waals surface area (Å²) < 4.78 is 6.35. The van der Waals surface area contributed by atoms with Gasteiger partial charge in [0.25, 0.3) is 5.91 Å². The summed E-state index contributed by atoms with van der Waals surface area (Å²) in [5, 5.41) is 6.51. The van der Waals surface area contributed by atoms with Gasteiger partial charge in [-0.15, -0.1) is 0 Å². The van der Waals surface area contributed by atoms with Gasteiger partial charge < -0.3 is 15.8 Å². The number of methoxy groups -OCH3 is 1. The van der Waals surface area contributed by atoms with Crippen molar-refractivity contribution in [3.8, 4) is 0 Å². The Hall–Kier alpha value is -1.56. The fourth-order valence-electron chi connectivity index (χ4n) is 0.933. The first-order valence-electron chi connectivity index (χ1n) is 4.17. The van der Waals surface area contributed by atoms with E-state index >= 15 is 0 Å². The lowest BCUT2D eigenvalue weighted by Crippen LogP contribution is -2.27. The standard InChI is InChI=1S/C8H14N4O2/c1-5(14-3)8(13)11-7-6(9)4-10-12(7)2/h4-5H,9H2,1-3H3,(H,11,13). The van der Waals surface area contributed by atoms with Crippen LogP contribution < -0.4 is 11.1 Å². The molecule has 6 heteroatoms. The zero-order chi connectivity index (χ0) is 10.7. The Morgan fingerprint density at radius 3 is 2.86 bits per heavy atom. The average molecular weight is 198 g/mol. The predicted octanol–water partition coefficient (Wildman–Crippen LogP) is -0.0243. The zero-order valence-corrected chi connectivity index (χ0v) is 8.44. The molecule has 1 aromatic rings. The first-order chi connectivity index (χ1) is 6.56. The van der Waals surface area contributed by atoms with Crippen LogP contribution in [0.25, 0.3) is 0 Å². The fourth-order valence-corrected chi connectivity index (χ4v) is 0.933. The van der Waals surface area contributed by atoms with Crippen LogP contribution in [0.1, 0.15) is 6.92 Å². The minimum absolute atomic E-state index is 0.247. The van der Waals surface area contributed by atoms with Crippen molar-refractivity contribution < 1.29 is 9.53 Å². The molecule has 0 spiro atoms. The highest BCUT2D eigenvalue weighted by molar-refractivity contribution is 5.95. The number of nitrogens with one attached hydrogen (secondary N) is 1. The molecule has 0 saturated carbocycles. The van der Waals surface area contributed by atoms with Crippen LogP contribution in [-0.4, -0.2) is 28.9 Å². The van der Waals surface area contributed by atoms with Crippen LogP contribution in [0, 0.1) is 0 Å². The molecule has 78 valence electrons. The van der Waals surface area contributed by atoms with E-state index in [2.05, 4.69) is 10.4 Å². The molecular formula is C8H14N4O2. The number of aryl methyl sites for hydroxylation is 1. The third-order valence-corrected chi connectivity index (χ3v) is 1.93. The molecule has 0 aliphatic rings. The largest absolute Gasteiger partial charge is 0.394 e. The van der Waals surface area contributed by atoms with Gasteiger partial charge in [-0.05, 0) is 6.92 Å². The number of aromatic nitrogens is 2. The van der Waals surface area contributed by atoms with Crippen LogP contribution in [-0.2, 0) is 16.6 Å². The molecule has 14 heavy (non-hydrogen) atoms. The van der Waals surface area contributed by atoms with Crippen LogP contribution in [0.4, 0.5) is 11.5 Å². The molecule has 0 saturated heterocycles. The van der Waals surface area contributed by atoms with E-state index in [-0.39, 0.29) is 5.91 Å². The second-order valence-electron chi connectivity index (χ2n) is 2.94. The van der Waals surface area contributed by atoms with Gasteiger partial charge >= 0.3 is 0 Å². The molecule has 1 aromatic heterocycles. The van der Waals surface area contributed by atoms with Crippen molar-refractivity contribution in [2.45, 2.75) is 13.0 Å². The third kappa shape index (κ3) is 2.02. The van der Waals surface area contributed by atoms with E-state index in [4.69, 9.17) is 10.5 Å². The van der Waals surface area contributed by atoms with E-state index in [0.717, 1.165) is 0 Å². The predicted molar refractivity (Wildman–Crippen MR) is 52.7 cm³/mol. The maximum Gasteiger partial charge on any atom is 0.254 e. The summed E-state index contributed by atoms with van der Waals surface area (Å²) in [7, 11) is 3.17. The number of carbonyl (C=O) groups excluding carboxylic acids is 1. The molecular weight excluding hydrogens is 184 g/mol. The molecule has 0 fully saturated rings. The van der Waals surface area contributed by atoms with E-state index in [9.17, 15) is 4.79 Å². The summed E-state index contributed by atoms with van der Waals surface area (Å²) in [5.74, 6) is 0.238. The van der Waals surface area contributed by atoms with E-state index < -0.39 is 6.10 Å². The van der Waals surface area contributed by atoms with Gasteiger partial charge in [-0.3, -0.25) is 9.48 Å². The van der Waals surface area contributed by atoms with Crippen LogP contribution >= 0.6 is 0 Å². The normalized spacial score (nSPS) is 12.5. The summed E-state index contributed by atoms with van der Waals surface area (Å²) in [6, 6.07) is 0. The lowest BCUT2D eigenvalue weighted by atomic mass is 10.3. The highest BCUT2D eigenvalue weighted by atomic mass is 16.5. The van der Waals surface area contributed by atoms with E-state index in [1.807, 2.05) is 0 Å². The number of hydrogen-bond donors (Lipinski definition) is 2. The summed E-state index contributed by atoms with van der Waals surface area (Å²) in [4.78, 5) is 11.4.